The molecule has 0 bridgehead atoms. The summed E-state index contributed by atoms with van der Waals surface area (Å²) in [5, 5.41) is 14.4. The molecule has 8 heteroatoms. The van der Waals surface area contributed by atoms with Crippen LogP contribution in [0.2, 0.25) is 0 Å². The minimum atomic E-state index is -0.558. The molecule has 1 amide bonds. The van der Waals surface area contributed by atoms with E-state index in [0.717, 1.165) is 5.56 Å². The number of nitrogens with zero attached hydrogens (tertiary/aromatic N) is 5. The quantitative estimate of drug-likeness (QED) is 0.808. The molecule has 1 heterocycles. The van der Waals surface area contributed by atoms with Gasteiger partial charge in [-0.1, -0.05) is 12.1 Å². The van der Waals surface area contributed by atoms with Crippen LogP contribution >= 0.6 is 0 Å². The van der Waals surface area contributed by atoms with Crippen molar-refractivity contribution in [1.29, 1.82) is 0 Å². The van der Waals surface area contributed by atoms with Crippen molar-refractivity contribution < 1.29 is 9.18 Å². The van der Waals surface area contributed by atoms with Gasteiger partial charge in [0.2, 0.25) is 5.91 Å². The average molecular weight is 320 g/mol. The smallest absolute Gasteiger partial charge is 0.247 e. The van der Waals surface area contributed by atoms with Gasteiger partial charge in [0.05, 0.1) is 0 Å². The molecule has 0 saturated carbocycles. The molecule has 124 valence electrons. The van der Waals surface area contributed by atoms with E-state index in [4.69, 9.17) is 0 Å². The zero-order valence-electron chi connectivity index (χ0n) is 13.5. The molecule has 2 rings (SSSR count). The van der Waals surface area contributed by atoms with Gasteiger partial charge in [-0.25, -0.2) is 9.07 Å². The number of carbonyl (C=O) groups excluding carboxylic acids is 1. The van der Waals surface area contributed by atoms with Crippen molar-refractivity contribution in [2.45, 2.75) is 19.4 Å². The minimum absolute atomic E-state index is 0.0834. The fourth-order valence-corrected chi connectivity index (χ4v) is 2.29. The molecule has 0 saturated heterocycles. The maximum Gasteiger partial charge on any atom is 0.247 e. The molecule has 0 aliphatic rings. The first kappa shape index (κ1) is 17.0. The number of hydrogen-bond donors (Lipinski definition) is 1. The highest BCUT2D eigenvalue weighted by atomic mass is 19.1. The fourth-order valence-electron chi connectivity index (χ4n) is 2.29. The zero-order chi connectivity index (χ0) is 16.8. The lowest BCUT2D eigenvalue weighted by Gasteiger charge is -2.24. The van der Waals surface area contributed by atoms with Gasteiger partial charge < -0.3 is 10.2 Å². The number of tetrazole rings is 1. The Labute approximate surface area is 134 Å². The highest BCUT2D eigenvalue weighted by molar-refractivity contribution is 5.80. The third-order valence-corrected chi connectivity index (χ3v) is 3.65. The predicted octanol–water partition coefficient (Wildman–Crippen LogP) is 0.582. The highest BCUT2D eigenvalue weighted by Gasteiger charge is 2.26. The van der Waals surface area contributed by atoms with Gasteiger partial charge in [-0.05, 0) is 42.1 Å². The standard InChI is InChI=1S/C15H21FN6O/c1-11-18-19-20-22(11)14(15(23)21(3)9-8-17-2)10-12-4-6-13(16)7-5-12/h4-7,14,17H,8-10H2,1-3H3. The molecular weight excluding hydrogens is 299 g/mol. The maximum absolute atomic E-state index is 13.1. The average Bonchev–Trinajstić information content (AvgIpc) is 2.97. The van der Waals surface area contributed by atoms with Crippen molar-refractivity contribution in [2.75, 3.05) is 27.2 Å². The number of amides is 1. The van der Waals surface area contributed by atoms with Crippen LogP contribution in [0.15, 0.2) is 24.3 Å². The number of carbonyl (C=O) groups is 1. The summed E-state index contributed by atoms with van der Waals surface area (Å²) < 4.78 is 14.6. The summed E-state index contributed by atoms with van der Waals surface area (Å²) in [7, 11) is 3.58. The second-order valence-corrected chi connectivity index (χ2v) is 5.38. The summed E-state index contributed by atoms with van der Waals surface area (Å²) in [6, 6.07) is 5.55. The lowest BCUT2D eigenvalue weighted by molar-refractivity contribution is -0.133. The number of halogens is 1. The molecule has 1 aromatic heterocycles. The van der Waals surface area contributed by atoms with E-state index in [-0.39, 0.29) is 11.7 Å². The van der Waals surface area contributed by atoms with Crippen molar-refractivity contribution >= 4 is 5.91 Å². The van der Waals surface area contributed by atoms with Crippen molar-refractivity contribution in [2.24, 2.45) is 0 Å². The summed E-state index contributed by atoms with van der Waals surface area (Å²) in [5.74, 6) is 0.175. The van der Waals surface area contributed by atoms with E-state index in [2.05, 4.69) is 20.8 Å². The Morgan fingerprint density at radius 3 is 2.65 bits per heavy atom. The molecule has 2 aromatic rings. The van der Waals surface area contributed by atoms with Crippen LogP contribution in [0.3, 0.4) is 0 Å². The van der Waals surface area contributed by atoms with Crippen LogP contribution in [0.4, 0.5) is 4.39 Å². The lowest BCUT2D eigenvalue weighted by atomic mass is 10.0. The SMILES string of the molecule is CNCCN(C)C(=O)C(Cc1ccc(F)cc1)n1nnnc1C. The summed E-state index contributed by atoms with van der Waals surface area (Å²) in [4.78, 5) is 14.4. The molecular formula is C15H21FN6O. The normalized spacial score (nSPS) is 12.2. The highest BCUT2D eigenvalue weighted by Crippen LogP contribution is 2.17. The monoisotopic (exact) mass is 320 g/mol. The Morgan fingerprint density at radius 1 is 1.39 bits per heavy atom. The molecule has 7 nitrogen and oxygen atoms in total. The van der Waals surface area contributed by atoms with Crippen molar-refractivity contribution in [3.8, 4) is 0 Å². The van der Waals surface area contributed by atoms with Crippen LogP contribution in [0.1, 0.15) is 17.4 Å². The number of likely N-dealkylation sites (N-methyl/N-ethyl adjacent to an activating group) is 2. The molecule has 0 spiro atoms. The third-order valence-electron chi connectivity index (χ3n) is 3.65. The number of rotatable bonds is 7. The number of nitrogens with one attached hydrogen (secondary N) is 1. The predicted molar refractivity (Wildman–Crippen MR) is 83.3 cm³/mol. The van der Waals surface area contributed by atoms with E-state index in [1.165, 1.54) is 16.8 Å². The Hall–Kier alpha value is -2.35. The Bertz CT molecular complexity index is 642. The van der Waals surface area contributed by atoms with E-state index in [9.17, 15) is 9.18 Å². The third kappa shape index (κ3) is 4.32. The van der Waals surface area contributed by atoms with Crippen molar-refractivity contribution in [1.82, 2.24) is 30.4 Å². The maximum atomic E-state index is 13.1. The summed E-state index contributed by atoms with van der Waals surface area (Å²) in [5.41, 5.74) is 0.849. The zero-order valence-corrected chi connectivity index (χ0v) is 13.5. The molecule has 1 N–H and O–H groups in total. The van der Waals surface area contributed by atoms with Crippen molar-refractivity contribution in [3.05, 3.63) is 41.5 Å². The topological polar surface area (TPSA) is 75.9 Å². The second kappa shape index (κ2) is 7.77. The summed E-state index contributed by atoms with van der Waals surface area (Å²) in [6.07, 6.45) is 0.398. The van der Waals surface area contributed by atoms with Gasteiger partial charge in [0.15, 0.2) is 0 Å². The van der Waals surface area contributed by atoms with Gasteiger partial charge in [0, 0.05) is 26.6 Å². The van der Waals surface area contributed by atoms with E-state index >= 15 is 0 Å². The molecule has 1 atom stereocenters. The lowest BCUT2D eigenvalue weighted by Crippen LogP contribution is -2.39. The van der Waals surface area contributed by atoms with E-state index in [1.54, 1.807) is 31.0 Å². The van der Waals surface area contributed by atoms with Gasteiger partial charge in [-0.3, -0.25) is 4.79 Å². The molecule has 0 aliphatic carbocycles. The van der Waals surface area contributed by atoms with E-state index < -0.39 is 6.04 Å². The van der Waals surface area contributed by atoms with Gasteiger partial charge in [0.1, 0.15) is 17.7 Å². The first-order valence-electron chi connectivity index (χ1n) is 7.41. The van der Waals surface area contributed by atoms with Crippen LogP contribution in [0, 0.1) is 12.7 Å². The number of aryl methyl sites for hydroxylation is 1. The molecule has 0 fully saturated rings. The van der Waals surface area contributed by atoms with Gasteiger partial charge >= 0.3 is 0 Å². The van der Waals surface area contributed by atoms with Gasteiger partial charge in [0.25, 0.3) is 0 Å². The Balaban J connectivity index is 2.23. The number of aromatic nitrogens is 4. The molecule has 0 radical (unpaired) electrons. The molecule has 23 heavy (non-hydrogen) atoms. The van der Waals surface area contributed by atoms with Gasteiger partial charge in [-0.15, -0.1) is 5.10 Å². The van der Waals surface area contributed by atoms with Crippen LogP contribution in [-0.2, 0) is 11.2 Å². The first-order valence-corrected chi connectivity index (χ1v) is 7.41. The van der Waals surface area contributed by atoms with Crippen LogP contribution in [-0.4, -0.2) is 58.2 Å². The van der Waals surface area contributed by atoms with Crippen molar-refractivity contribution in [3.63, 3.8) is 0 Å². The Kier molecular flexibility index (Phi) is 5.75. The first-order chi connectivity index (χ1) is 11.0. The number of hydrogen-bond acceptors (Lipinski definition) is 5. The largest absolute Gasteiger partial charge is 0.343 e. The van der Waals surface area contributed by atoms with Crippen LogP contribution in [0.5, 0.6) is 0 Å². The minimum Gasteiger partial charge on any atom is -0.343 e. The fraction of sp³-hybridized carbons (Fsp3) is 0.467. The van der Waals surface area contributed by atoms with Crippen LogP contribution < -0.4 is 5.32 Å². The Morgan fingerprint density at radius 2 is 2.09 bits per heavy atom. The number of benzene rings is 1. The molecule has 0 aliphatic heterocycles. The molecule has 1 unspecified atom stereocenters. The van der Waals surface area contributed by atoms with E-state index in [0.29, 0.717) is 25.3 Å². The summed E-state index contributed by atoms with van der Waals surface area (Å²) >= 11 is 0. The van der Waals surface area contributed by atoms with E-state index in [1.807, 2.05) is 7.05 Å². The second-order valence-electron chi connectivity index (χ2n) is 5.38. The van der Waals surface area contributed by atoms with Crippen LogP contribution in [0.25, 0.3) is 0 Å². The molecule has 1 aromatic carbocycles. The van der Waals surface area contributed by atoms with Gasteiger partial charge in [-0.2, -0.15) is 0 Å². The summed E-state index contributed by atoms with van der Waals surface area (Å²) in [6.45, 7) is 3.02.